The molecule has 1 aliphatic heterocycles. The van der Waals surface area contributed by atoms with Gasteiger partial charge in [0.15, 0.2) is 0 Å². The van der Waals surface area contributed by atoms with Gasteiger partial charge in [-0.3, -0.25) is 0 Å². The van der Waals surface area contributed by atoms with Gasteiger partial charge >= 0.3 is 0 Å². The van der Waals surface area contributed by atoms with E-state index in [0.717, 1.165) is 35.7 Å². The Balaban J connectivity index is 1.98. The molecule has 1 saturated heterocycles. The minimum Gasteiger partial charge on any atom is -0.507 e. The zero-order valence-corrected chi connectivity index (χ0v) is 17.9. The van der Waals surface area contributed by atoms with Crippen molar-refractivity contribution >= 4 is 12.2 Å². The van der Waals surface area contributed by atoms with Gasteiger partial charge in [0.2, 0.25) is 5.95 Å². The zero-order chi connectivity index (χ0) is 20.5. The summed E-state index contributed by atoms with van der Waals surface area (Å²) in [6, 6.07) is 4.05. The molecule has 1 N–H and O–H groups in total. The van der Waals surface area contributed by atoms with Crippen molar-refractivity contribution in [2.24, 2.45) is 5.10 Å². The number of morpholine rings is 1. The molecule has 0 radical (unpaired) electrons. The van der Waals surface area contributed by atoms with Gasteiger partial charge in [-0.1, -0.05) is 41.5 Å². The molecule has 0 bridgehead atoms. The lowest BCUT2D eigenvalue weighted by atomic mass is 9.78. The highest BCUT2D eigenvalue weighted by Gasteiger charge is 2.26. The van der Waals surface area contributed by atoms with Gasteiger partial charge in [0.05, 0.1) is 25.6 Å². The molecule has 152 valence electrons. The number of rotatable bonds is 3. The fourth-order valence-electron chi connectivity index (χ4n) is 3.37. The Morgan fingerprint density at radius 3 is 2.14 bits per heavy atom. The third kappa shape index (κ3) is 4.38. The van der Waals surface area contributed by atoms with E-state index in [1.807, 2.05) is 24.5 Å². The second kappa shape index (κ2) is 7.59. The van der Waals surface area contributed by atoms with Crippen LogP contribution < -0.4 is 4.90 Å². The van der Waals surface area contributed by atoms with Gasteiger partial charge in [-0.25, -0.2) is 9.66 Å². The normalized spacial score (nSPS) is 16.1. The Kier molecular flexibility index (Phi) is 5.53. The molecule has 0 amide bonds. The maximum atomic E-state index is 10.9. The monoisotopic (exact) mass is 384 g/mol. The lowest BCUT2D eigenvalue weighted by Crippen LogP contribution is -2.37. The van der Waals surface area contributed by atoms with E-state index >= 15 is 0 Å². The summed E-state index contributed by atoms with van der Waals surface area (Å²) in [6.07, 6.45) is 5.46. The molecule has 0 atom stereocenters. The first-order valence-electron chi connectivity index (χ1n) is 9.86. The van der Waals surface area contributed by atoms with Crippen LogP contribution in [0.25, 0.3) is 0 Å². The number of imidazole rings is 1. The highest BCUT2D eigenvalue weighted by molar-refractivity contribution is 5.81. The number of hydrogen-bond acceptors (Lipinski definition) is 5. The SMILES string of the molecule is CC(C)(C)c1cc(/C=N/n2ccnc2N2CCOCC2)cc(C(C)(C)C)c1O. The maximum Gasteiger partial charge on any atom is 0.226 e. The first kappa shape index (κ1) is 20.4. The molecular formula is C22H32N4O2. The molecule has 2 heterocycles. The summed E-state index contributed by atoms with van der Waals surface area (Å²) in [5.41, 5.74) is 2.50. The molecular weight excluding hydrogens is 352 g/mol. The average molecular weight is 385 g/mol. The smallest absolute Gasteiger partial charge is 0.226 e. The zero-order valence-electron chi connectivity index (χ0n) is 17.9. The summed E-state index contributed by atoms with van der Waals surface area (Å²) in [5.74, 6) is 1.21. The topological polar surface area (TPSA) is 62.9 Å². The van der Waals surface area contributed by atoms with Crippen LogP contribution in [0.4, 0.5) is 5.95 Å². The van der Waals surface area contributed by atoms with E-state index in [4.69, 9.17) is 4.74 Å². The Morgan fingerprint density at radius 1 is 1.04 bits per heavy atom. The fraction of sp³-hybridized carbons (Fsp3) is 0.545. The van der Waals surface area contributed by atoms with Crippen LogP contribution in [0, 0.1) is 0 Å². The third-order valence-corrected chi connectivity index (χ3v) is 4.98. The Labute approximate surface area is 167 Å². The number of nitrogens with zero attached hydrogens (tertiary/aromatic N) is 4. The molecule has 0 aliphatic carbocycles. The van der Waals surface area contributed by atoms with Crippen LogP contribution in [-0.2, 0) is 15.6 Å². The quantitative estimate of drug-likeness (QED) is 0.815. The van der Waals surface area contributed by atoms with Crippen LogP contribution in [0.2, 0.25) is 0 Å². The van der Waals surface area contributed by atoms with Crippen molar-refractivity contribution in [2.75, 3.05) is 31.2 Å². The van der Waals surface area contributed by atoms with Crippen molar-refractivity contribution in [3.63, 3.8) is 0 Å². The summed E-state index contributed by atoms with van der Waals surface area (Å²) in [4.78, 5) is 6.64. The van der Waals surface area contributed by atoms with Crippen molar-refractivity contribution < 1.29 is 9.84 Å². The maximum absolute atomic E-state index is 10.9. The van der Waals surface area contributed by atoms with Gasteiger partial charge in [-0.05, 0) is 28.5 Å². The first-order chi connectivity index (χ1) is 13.1. The van der Waals surface area contributed by atoms with E-state index in [1.54, 1.807) is 10.9 Å². The lowest BCUT2D eigenvalue weighted by molar-refractivity contribution is 0.121. The summed E-state index contributed by atoms with van der Waals surface area (Å²) in [5, 5.41) is 15.5. The first-order valence-corrected chi connectivity index (χ1v) is 9.86. The Hall–Kier alpha value is -2.34. The van der Waals surface area contributed by atoms with Crippen molar-refractivity contribution in [2.45, 2.75) is 52.4 Å². The Bertz CT molecular complexity index is 815. The van der Waals surface area contributed by atoms with E-state index in [9.17, 15) is 5.11 Å². The van der Waals surface area contributed by atoms with E-state index < -0.39 is 0 Å². The standard InChI is InChI=1S/C22H32N4O2/c1-21(2,3)17-13-16(14-18(19(17)27)22(4,5)6)15-24-26-8-7-23-20(26)25-9-11-28-12-10-25/h7-8,13-15,27H,9-12H2,1-6H3/b24-15+. The summed E-state index contributed by atoms with van der Waals surface area (Å²) >= 11 is 0. The van der Waals surface area contributed by atoms with Crippen molar-refractivity contribution in [1.82, 2.24) is 9.66 Å². The van der Waals surface area contributed by atoms with Gasteiger partial charge in [0.25, 0.3) is 0 Å². The van der Waals surface area contributed by atoms with E-state index in [2.05, 4.69) is 56.5 Å². The molecule has 3 rings (SSSR count). The van der Waals surface area contributed by atoms with Crippen LogP contribution >= 0.6 is 0 Å². The molecule has 6 nitrogen and oxygen atoms in total. The van der Waals surface area contributed by atoms with Crippen molar-refractivity contribution in [1.29, 1.82) is 0 Å². The van der Waals surface area contributed by atoms with Gasteiger partial charge < -0.3 is 14.7 Å². The minimum atomic E-state index is -0.165. The molecule has 1 aliphatic rings. The number of benzene rings is 1. The number of phenolic OH excluding ortho intramolecular Hbond substituents is 1. The molecule has 0 spiro atoms. The second-order valence-corrected chi connectivity index (χ2v) is 9.38. The largest absolute Gasteiger partial charge is 0.507 e. The average Bonchev–Trinajstić information content (AvgIpc) is 3.08. The number of phenols is 1. The molecule has 6 heteroatoms. The predicted molar refractivity (Wildman–Crippen MR) is 114 cm³/mol. The van der Waals surface area contributed by atoms with Crippen molar-refractivity contribution in [3.05, 3.63) is 41.2 Å². The van der Waals surface area contributed by atoms with Gasteiger partial charge in [0.1, 0.15) is 5.75 Å². The van der Waals surface area contributed by atoms with Crippen LogP contribution in [0.15, 0.2) is 29.6 Å². The highest BCUT2D eigenvalue weighted by Crippen LogP contribution is 2.39. The highest BCUT2D eigenvalue weighted by atomic mass is 16.5. The fourth-order valence-corrected chi connectivity index (χ4v) is 3.37. The summed E-state index contributed by atoms with van der Waals surface area (Å²) < 4.78 is 7.22. The van der Waals surface area contributed by atoms with E-state index in [1.165, 1.54) is 0 Å². The van der Waals surface area contributed by atoms with E-state index in [0.29, 0.717) is 19.0 Å². The van der Waals surface area contributed by atoms with Gasteiger partial charge in [-0.2, -0.15) is 5.10 Å². The van der Waals surface area contributed by atoms with Gasteiger partial charge in [-0.15, -0.1) is 0 Å². The molecule has 0 saturated carbocycles. The number of aromatic hydroxyl groups is 1. The van der Waals surface area contributed by atoms with Crippen LogP contribution in [0.3, 0.4) is 0 Å². The number of ether oxygens (including phenoxy) is 1. The van der Waals surface area contributed by atoms with Crippen LogP contribution in [0.1, 0.15) is 58.2 Å². The molecule has 1 aromatic heterocycles. The minimum absolute atomic E-state index is 0.165. The van der Waals surface area contributed by atoms with Crippen LogP contribution in [0.5, 0.6) is 5.75 Å². The summed E-state index contributed by atoms with van der Waals surface area (Å²) in [6.45, 7) is 15.7. The molecule has 28 heavy (non-hydrogen) atoms. The number of anilines is 1. The van der Waals surface area contributed by atoms with Crippen molar-refractivity contribution in [3.8, 4) is 5.75 Å². The van der Waals surface area contributed by atoms with Gasteiger partial charge in [0, 0.05) is 30.4 Å². The second-order valence-electron chi connectivity index (χ2n) is 9.38. The lowest BCUT2D eigenvalue weighted by Gasteiger charge is -2.28. The predicted octanol–water partition coefficient (Wildman–Crippen LogP) is 3.90. The number of hydrogen-bond donors (Lipinski definition) is 1. The Morgan fingerprint density at radius 2 is 1.61 bits per heavy atom. The number of aromatic nitrogens is 2. The third-order valence-electron chi connectivity index (χ3n) is 4.98. The molecule has 1 fully saturated rings. The molecule has 2 aromatic rings. The summed E-state index contributed by atoms with van der Waals surface area (Å²) in [7, 11) is 0. The molecule has 0 unspecified atom stereocenters. The van der Waals surface area contributed by atoms with E-state index in [-0.39, 0.29) is 10.8 Å². The van der Waals surface area contributed by atoms with Crippen LogP contribution in [-0.4, -0.2) is 47.3 Å². The molecule has 1 aromatic carbocycles.